The summed E-state index contributed by atoms with van der Waals surface area (Å²) in [7, 11) is -3.80. The highest BCUT2D eigenvalue weighted by Gasteiger charge is 2.23. The van der Waals surface area contributed by atoms with Crippen molar-refractivity contribution in [3.63, 3.8) is 0 Å². The first kappa shape index (κ1) is 19.7. The molecule has 0 radical (unpaired) electrons. The molecule has 1 fully saturated rings. The second-order valence-corrected chi connectivity index (χ2v) is 8.56. The summed E-state index contributed by atoms with van der Waals surface area (Å²) in [6, 6.07) is 11.3. The average molecular weight is 409 g/mol. The number of amides is 1. The van der Waals surface area contributed by atoms with Crippen LogP contribution in [0.2, 0.25) is 5.02 Å². The van der Waals surface area contributed by atoms with Gasteiger partial charge in [-0.2, -0.15) is 0 Å². The van der Waals surface area contributed by atoms with E-state index < -0.39 is 10.0 Å². The molecule has 2 aromatic rings. The van der Waals surface area contributed by atoms with Crippen molar-refractivity contribution in [2.45, 2.75) is 24.7 Å². The lowest BCUT2D eigenvalue weighted by molar-refractivity contribution is -0.122. The Morgan fingerprint density at radius 3 is 2.37 bits per heavy atom. The maximum absolute atomic E-state index is 12.8. The Morgan fingerprint density at radius 1 is 1.07 bits per heavy atom. The van der Waals surface area contributed by atoms with E-state index in [0.29, 0.717) is 48.0 Å². The van der Waals surface area contributed by atoms with Gasteiger partial charge < -0.3 is 10.1 Å². The molecule has 0 spiro atoms. The maximum atomic E-state index is 12.8. The number of aryl methyl sites for hydroxylation is 1. The molecule has 1 heterocycles. The Kier molecular flexibility index (Phi) is 6.04. The summed E-state index contributed by atoms with van der Waals surface area (Å²) in [4.78, 5) is 12.5. The zero-order chi connectivity index (χ0) is 19.4. The van der Waals surface area contributed by atoms with Crippen molar-refractivity contribution in [2.75, 3.05) is 23.3 Å². The average Bonchev–Trinajstić information content (AvgIpc) is 2.65. The summed E-state index contributed by atoms with van der Waals surface area (Å²) in [5, 5.41) is 3.34. The van der Waals surface area contributed by atoms with Crippen molar-refractivity contribution in [3.05, 3.63) is 53.1 Å². The predicted octanol–water partition coefficient (Wildman–Crippen LogP) is 3.81. The normalized spacial score (nSPS) is 15.3. The highest BCUT2D eigenvalue weighted by atomic mass is 35.5. The van der Waals surface area contributed by atoms with E-state index in [1.807, 2.05) is 0 Å². The topological polar surface area (TPSA) is 84.5 Å². The van der Waals surface area contributed by atoms with E-state index in [2.05, 4.69) is 10.0 Å². The number of ether oxygens (including phenoxy) is 1. The third-order valence-corrected chi connectivity index (χ3v) is 6.21. The monoisotopic (exact) mass is 408 g/mol. The van der Waals surface area contributed by atoms with E-state index in [4.69, 9.17) is 16.3 Å². The zero-order valence-electron chi connectivity index (χ0n) is 14.9. The Labute approximate surface area is 163 Å². The number of hydrogen-bond acceptors (Lipinski definition) is 4. The minimum atomic E-state index is -3.80. The van der Waals surface area contributed by atoms with Crippen LogP contribution in [0, 0.1) is 12.8 Å². The number of nitrogens with one attached hydrogen (secondary N) is 2. The first-order valence-corrected chi connectivity index (χ1v) is 10.5. The van der Waals surface area contributed by atoms with Crippen LogP contribution >= 0.6 is 11.6 Å². The number of halogens is 1. The van der Waals surface area contributed by atoms with Crippen LogP contribution in [0.15, 0.2) is 47.4 Å². The van der Waals surface area contributed by atoms with E-state index in [-0.39, 0.29) is 16.7 Å². The fraction of sp³-hybridized carbons (Fsp3) is 0.316. The van der Waals surface area contributed by atoms with Gasteiger partial charge in [-0.15, -0.1) is 0 Å². The van der Waals surface area contributed by atoms with E-state index in [0.717, 1.165) is 0 Å². The van der Waals surface area contributed by atoms with Gasteiger partial charge in [0.1, 0.15) is 0 Å². The Bertz CT molecular complexity index is 923. The van der Waals surface area contributed by atoms with Crippen molar-refractivity contribution in [1.29, 1.82) is 0 Å². The zero-order valence-corrected chi connectivity index (χ0v) is 16.4. The van der Waals surface area contributed by atoms with Crippen molar-refractivity contribution in [2.24, 2.45) is 5.92 Å². The highest BCUT2D eigenvalue weighted by molar-refractivity contribution is 7.92. The molecule has 0 atom stereocenters. The van der Waals surface area contributed by atoms with Crippen molar-refractivity contribution >= 4 is 38.9 Å². The summed E-state index contributed by atoms with van der Waals surface area (Å²) in [5.41, 5.74) is 1.45. The summed E-state index contributed by atoms with van der Waals surface area (Å²) in [6.07, 6.45) is 1.34. The van der Waals surface area contributed by atoms with Gasteiger partial charge in [0.25, 0.3) is 10.0 Å². The molecule has 6 nitrogen and oxygen atoms in total. The highest BCUT2D eigenvalue weighted by Crippen LogP contribution is 2.25. The molecule has 2 aromatic carbocycles. The van der Waals surface area contributed by atoms with Crippen LogP contribution in [0.5, 0.6) is 0 Å². The van der Waals surface area contributed by atoms with E-state index in [1.165, 1.54) is 6.07 Å². The molecule has 1 saturated heterocycles. The van der Waals surface area contributed by atoms with Crippen LogP contribution in [0.4, 0.5) is 11.4 Å². The van der Waals surface area contributed by atoms with E-state index in [9.17, 15) is 13.2 Å². The molecular weight excluding hydrogens is 388 g/mol. The number of benzene rings is 2. The molecule has 0 bridgehead atoms. The lowest BCUT2D eigenvalue weighted by Crippen LogP contribution is -2.28. The van der Waals surface area contributed by atoms with Crippen LogP contribution < -0.4 is 10.0 Å². The van der Waals surface area contributed by atoms with Gasteiger partial charge in [-0.3, -0.25) is 9.52 Å². The summed E-state index contributed by atoms with van der Waals surface area (Å²) in [5.74, 6) is -0.233. The molecule has 144 valence electrons. The number of rotatable bonds is 5. The van der Waals surface area contributed by atoms with Gasteiger partial charge in [0, 0.05) is 35.5 Å². The number of anilines is 2. The second-order valence-electron chi connectivity index (χ2n) is 6.47. The smallest absolute Gasteiger partial charge is 0.262 e. The number of hydrogen-bond donors (Lipinski definition) is 2. The molecule has 27 heavy (non-hydrogen) atoms. The minimum Gasteiger partial charge on any atom is -0.381 e. The Balaban J connectivity index is 1.79. The van der Waals surface area contributed by atoms with Gasteiger partial charge in [0.05, 0.1) is 4.90 Å². The molecule has 1 aliphatic heterocycles. The van der Waals surface area contributed by atoms with Crippen LogP contribution in [0.3, 0.4) is 0 Å². The molecule has 1 aliphatic rings. The second kappa shape index (κ2) is 8.29. The fourth-order valence-corrected chi connectivity index (χ4v) is 4.36. The molecule has 1 amide bonds. The SMILES string of the molecule is Cc1ccc(NC(=O)C2CCOCC2)cc1S(=O)(=O)Nc1ccc(Cl)cc1. The summed E-state index contributed by atoms with van der Waals surface area (Å²) in [6.45, 7) is 2.84. The van der Waals surface area contributed by atoms with Crippen LogP contribution in [-0.2, 0) is 19.6 Å². The minimum absolute atomic E-state index is 0.113. The molecule has 0 aliphatic carbocycles. The van der Waals surface area contributed by atoms with Gasteiger partial charge in [-0.25, -0.2) is 8.42 Å². The third-order valence-electron chi connectivity index (χ3n) is 4.43. The van der Waals surface area contributed by atoms with E-state index in [1.54, 1.807) is 43.3 Å². The molecule has 2 N–H and O–H groups in total. The Morgan fingerprint density at radius 2 is 1.70 bits per heavy atom. The summed E-state index contributed by atoms with van der Waals surface area (Å²) < 4.78 is 33.3. The van der Waals surface area contributed by atoms with Crippen molar-refractivity contribution < 1.29 is 17.9 Å². The van der Waals surface area contributed by atoms with Gasteiger partial charge in [-0.1, -0.05) is 17.7 Å². The van der Waals surface area contributed by atoms with Crippen molar-refractivity contribution in [3.8, 4) is 0 Å². The predicted molar refractivity (Wildman–Crippen MR) is 106 cm³/mol. The molecule has 3 rings (SSSR count). The molecule has 0 saturated carbocycles. The number of carbonyl (C=O) groups excluding carboxylic acids is 1. The molecule has 0 aromatic heterocycles. The van der Waals surface area contributed by atoms with Crippen LogP contribution in [0.1, 0.15) is 18.4 Å². The van der Waals surface area contributed by atoms with Gasteiger partial charge in [0.2, 0.25) is 5.91 Å². The largest absolute Gasteiger partial charge is 0.381 e. The van der Waals surface area contributed by atoms with Gasteiger partial charge in [-0.05, 0) is 61.7 Å². The van der Waals surface area contributed by atoms with Crippen molar-refractivity contribution in [1.82, 2.24) is 0 Å². The third kappa shape index (κ3) is 5.00. The van der Waals surface area contributed by atoms with E-state index >= 15 is 0 Å². The number of sulfonamides is 1. The van der Waals surface area contributed by atoms with Crippen LogP contribution in [0.25, 0.3) is 0 Å². The lowest BCUT2D eigenvalue weighted by Gasteiger charge is -2.21. The van der Waals surface area contributed by atoms with Gasteiger partial charge >= 0.3 is 0 Å². The Hall–Kier alpha value is -2.09. The molecular formula is C19H21ClN2O4S. The fourth-order valence-electron chi connectivity index (χ4n) is 2.90. The maximum Gasteiger partial charge on any atom is 0.262 e. The number of carbonyl (C=O) groups is 1. The first-order chi connectivity index (χ1) is 12.8. The molecule has 8 heteroatoms. The van der Waals surface area contributed by atoms with Crippen LogP contribution in [-0.4, -0.2) is 27.5 Å². The lowest BCUT2D eigenvalue weighted by atomic mass is 9.99. The quantitative estimate of drug-likeness (QED) is 0.787. The first-order valence-electron chi connectivity index (χ1n) is 8.63. The molecule has 0 unspecified atom stereocenters. The standard InChI is InChI=1S/C19H21ClN2O4S/c1-13-2-5-17(21-19(23)14-8-10-26-11-9-14)12-18(13)27(24,25)22-16-6-3-15(20)4-7-16/h2-7,12,14,22H,8-11H2,1H3,(H,21,23). The van der Waals surface area contributed by atoms with Gasteiger partial charge in [0.15, 0.2) is 0 Å². The summed E-state index contributed by atoms with van der Waals surface area (Å²) >= 11 is 5.83.